The summed E-state index contributed by atoms with van der Waals surface area (Å²) >= 11 is 4.32. The maximum atomic E-state index is 4.32. The van der Waals surface area contributed by atoms with Gasteiger partial charge < -0.3 is 5.32 Å². The van der Waals surface area contributed by atoms with Crippen LogP contribution in [0, 0.1) is 5.92 Å². The highest BCUT2D eigenvalue weighted by Crippen LogP contribution is 2.03. The summed E-state index contributed by atoms with van der Waals surface area (Å²) in [5.74, 6) is 1.67. The van der Waals surface area contributed by atoms with Crippen molar-refractivity contribution in [1.29, 1.82) is 0 Å². The second-order valence-corrected chi connectivity index (χ2v) is 3.94. The first kappa shape index (κ1) is 11.6. The van der Waals surface area contributed by atoms with Gasteiger partial charge in [-0.2, -0.15) is 12.6 Å². The van der Waals surface area contributed by atoms with Gasteiger partial charge in [-0.1, -0.05) is 43.7 Å². The van der Waals surface area contributed by atoms with E-state index in [1.807, 2.05) is 6.07 Å². The molecular formula is C12H19NS. The molecule has 1 aromatic carbocycles. The molecule has 1 nitrogen and oxygen atoms in total. The Hall–Kier alpha value is -0.470. The van der Waals surface area contributed by atoms with Gasteiger partial charge in [-0.25, -0.2) is 0 Å². The molecule has 0 aliphatic carbocycles. The van der Waals surface area contributed by atoms with Gasteiger partial charge in [0.1, 0.15) is 0 Å². The smallest absolute Gasteiger partial charge is 0.0205 e. The van der Waals surface area contributed by atoms with E-state index in [9.17, 15) is 0 Å². The van der Waals surface area contributed by atoms with Gasteiger partial charge in [-0.3, -0.25) is 0 Å². The number of hydrogen-bond acceptors (Lipinski definition) is 2. The average Bonchev–Trinajstić information content (AvgIpc) is 2.26. The number of rotatable bonds is 6. The van der Waals surface area contributed by atoms with Crippen LogP contribution in [0.15, 0.2) is 30.3 Å². The summed E-state index contributed by atoms with van der Waals surface area (Å²) in [6.45, 7) is 4.24. The molecule has 0 fully saturated rings. The Morgan fingerprint density at radius 1 is 1.29 bits per heavy atom. The van der Waals surface area contributed by atoms with E-state index in [1.165, 1.54) is 12.0 Å². The Labute approximate surface area is 92.3 Å². The molecule has 0 aliphatic heterocycles. The van der Waals surface area contributed by atoms with Gasteiger partial charge in [0, 0.05) is 6.54 Å². The van der Waals surface area contributed by atoms with Crippen LogP contribution in [0.5, 0.6) is 0 Å². The van der Waals surface area contributed by atoms with Crippen LogP contribution in [-0.4, -0.2) is 12.3 Å². The van der Waals surface area contributed by atoms with Crippen molar-refractivity contribution in [2.75, 3.05) is 12.3 Å². The van der Waals surface area contributed by atoms with Crippen molar-refractivity contribution in [3.05, 3.63) is 35.9 Å². The fourth-order valence-electron chi connectivity index (χ4n) is 1.35. The lowest BCUT2D eigenvalue weighted by Gasteiger charge is -2.12. The number of thiol groups is 1. The maximum Gasteiger partial charge on any atom is 0.0205 e. The monoisotopic (exact) mass is 209 g/mol. The third-order valence-electron chi connectivity index (χ3n) is 2.44. The molecule has 1 aromatic rings. The fourth-order valence-corrected chi connectivity index (χ4v) is 1.74. The summed E-state index contributed by atoms with van der Waals surface area (Å²) in [5, 5.41) is 3.45. The highest BCUT2D eigenvalue weighted by molar-refractivity contribution is 7.80. The van der Waals surface area contributed by atoms with E-state index >= 15 is 0 Å². The molecule has 0 radical (unpaired) electrons. The summed E-state index contributed by atoms with van der Waals surface area (Å²) in [4.78, 5) is 0. The van der Waals surface area contributed by atoms with Crippen molar-refractivity contribution < 1.29 is 0 Å². The summed E-state index contributed by atoms with van der Waals surface area (Å²) in [7, 11) is 0. The van der Waals surface area contributed by atoms with Crippen LogP contribution >= 0.6 is 12.6 Å². The zero-order valence-electron chi connectivity index (χ0n) is 8.74. The maximum absolute atomic E-state index is 4.32. The van der Waals surface area contributed by atoms with Gasteiger partial charge in [0.2, 0.25) is 0 Å². The molecule has 1 atom stereocenters. The van der Waals surface area contributed by atoms with E-state index in [4.69, 9.17) is 0 Å². The van der Waals surface area contributed by atoms with Gasteiger partial charge in [0.05, 0.1) is 0 Å². The van der Waals surface area contributed by atoms with Crippen LogP contribution in [0.1, 0.15) is 18.9 Å². The van der Waals surface area contributed by atoms with Crippen LogP contribution in [-0.2, 0) is 6.54 Å². The number of hydrogen-bond donors (Lipinski definition) is 2. The zero-order valence-corrected chi connectivity index (χ0v) is 9.63. The molecule has 0 saturated heterocycles. The third-order valence-corrected chi connectivity index (χ3v) is 2.96. The summed E-state index contributed by atoms with van der Waals surface area (Å²) in [6, 6.07) is 10.5. The minimum atomic E-state index is 0.696. The molecule has 2 heteroatoms. The highest BCUT2D eigenvalue weighted by Gasteiger charge is 2.02. The van der Waals surface area contributed by atoms with Crippen molar-refractivity contribution in [2.24, 2.45) is 5.92 Å². The summed E-state index contributed by atoms with van der Waals surface area (Å²) < 4.78 is 0. The molecule has 1 unspecified atom stereocenters. The topological polar surface area (TPSA) is 12.0 Å². The first-order valence-corrected chi connectivity index (χ1v) is 5.85. The minimum absolute atomic E-state index is 0.696. The summed E-state index contributed by atoms with van der Waals surface area (Å²) in [6.07, 6.45) is 1.20. The molecule has 0 aromatic heterocycles. The first-order valence-electron chi connectivity index (χ1n) is 5.22. The predicted molar refractivity (Wildman–Crippen MR) is 65.8 cm³/mol. The first-order chi connectivity index (χ1) is 6.86. The van der Waals surface area contributed by atoms with E-state index in [2.05, 4.69) is 49.1 Å². The van der Waals surface area contributed by atoms with Crippen LogP contribution in [0.3, 0.4) is 0 Å². The molecular weight excluding hydrogens is 190 g/mol. The molecule has 14 heavy (non-hydrogen) atoms. The fraction of sp³-hybridized carbons (Fsp3) is 0.500. The van der Waals surface area contributed by atoms with Crippen molar-refractivity contribution in [3.8, 4) is 0 Å². The Morgan fingerprint density at radius 3 is 2.57 bits per heavy atom. The number of nitrogens with one attached hydrogen (secondary N) is 1. The van der Waals surface area contributed by atoms with Gasteiger partial charge in [-0.15, -0.1) is 0 Å². The van der Waals surface area contributed by atoms with E-state index in [0.29, 0.717) is 5.92 Å². The molecule has 1 N–H and O–H groups in total. The quantitative estimate of drug-likeness (QED) is 0.687. The van der Waals surface area contributed by atoms with Crippen molar-refractivity contribution >= 4 is 12.6 Å². The van der Waals surface area contributed by atoms with Crippen molar-refractivity contribution in [1.82, 2.24) is 5.32 Å². The molecule has 0 saturated carbocycles. The van der Waals surface area contributed by atoms with E-state index in [0.717, 1.165) is 18.8 Å². The number of benzene rings is 1. The molecule has 0 heterocycles. The van der Waals surface area contributed by atoms with Crippen molar-refractivity contribution in [3.63, 3.8) is 0 Å². The van der Waals surface area contributed by atoms with E-state index < -0.39 is 0 Å². The zero-order chi connectivity index (χ0) is 10.2. The Kier molecular flexibility index (Phi) is 5.72. The van der Waals surface area contributed by atoms with Crippen LogP contribution in [0.2, 0.25) is 0 Å². The minimum Gasteiger partial charge on any atom is -0.312 e. The van der Waals surface area contributed by atoms with E-state index in [-0.39, 0.29) is 0 Å². The van der Waals surface area contributed by atoms with Crippen LogP contribution in [0.25, 0.3) is 0 Å². The molecule has 0 spiro atoms. The highest BCUT2D eigenvalue weighted by atomic mass is 32.1. The van der Waals surface area contributed by atoms with Gasteiger partial charge in [0.15, 0.2) is 0 Å². The normalized spacial score (nSPS) is 12.7. The van der Waals surface area contributed by atoms with E-state index in [1.54, 1.807) is 0 Å². The molecule has 0 aliphatic rings. The predicted octanol–water partition coefficient (Wildman–Crippen LogP) is 2.73. The molecule has 1 rings (SSSR count). The Morgan fingerprint density at radius 2 is 2.00 bits per heavy atom. The summed E-state index contributed by atoms with van der Waals surface area (Å²) in [5.41, 5.74) is 1.35. The Balaban J connectivity index is 2.21. The van der Waals surface area contributed by atoms with Gasteiger partial charge in [0.25, 0.3) is 0 Å². The van der Waals surface area contributed by atoms with Gasteiger partial charge >= 0.3 is 0 Å². The molecule has 0 amide bonds. The van der Waals surface area contributed by atoms with Gasteiger partial charge in [-0.05, 0) is 23.8 Å². The van der Waals surface area contributed by atoms with Crippen LogP contribution in [0.4, 0.5) is 0 Å². The Bertz CT molecular complexity index is 231. The lowest BCUT2D eigenvalue weighted by molar-refractivity contribution is 0.508. The SMILES string of the molecule is CCC(CS)CNCc1ccccc1. The second-order valence-electron chi connectivity index (χ2n) is 3.57. The largest absolute Gasteiger partial charge is 0.312 e. The van der Waals surface area contributed by atoms with Crippen LogP contribution < -0.4 is 5.32 Å². The lowest BCUT2D eigenvalue weighted by atomic mass is 10.1. The standard InChI is InChI=1S/C12H19NS/c1-2-11(10-14)8-13-9-12-6-4-3-5-7-12/h3-7,11,13-14H,2,8-10H2,1H3. The average molecular weight is 209 g/mol. The third kappa shape index (κ3) is 4.16. The lowest BCUT2D eigenvalue weighted by Crippen LogP contribution is -2.23. The molecule has 78 valence electrons. The molecule has 0 bridgehead atoms. The second kappa shape index (κ2) is 6.91. The van der Waals surface area contributed by atoms with Crippen molar-refractivity contribution in [2.45, 2.75) is 19.9 Å².